The second-order valence-corrected chi connectivity index (χ2v) is 8.44. The van der Waals surface area contributed by atoms with Gasteiger partial charge in [-0.1, -0.05) is 24.3 Å². The molecule has 4 rings (SSSR count). The van der Waals surface area contributed by atoms with Crippen molar-refractivity contribution in [1.29, 1.82) is 5.26 Å². The number of benzene rings is 2. The molecule has 176 valence electrons. The lowest BCUT2D eigenvalue weighted by Gasteiger charge is -2.32. The summed E-state index contributed by atoms with van der Waals surface area (Å²) in [4.78, 5) is 15.0. The lowest BCUT2D eigenvalue weighted by molar-refractivity contribution is 0.0903. The number of hydrogen-bond donors (Lipinski definition) is 1. The summed E-state index contributed by atoms with van der Waals surface area (Å²) in [6.07, 6.45) is 2.10. The Kier molecular flexibility index (Phi) is 7.84. The van der Waals surface area contributed by atoms with Gasteiger partial charge in [0.2, 0.25) is 0 Å². The molecule has 0 unspecified atom stereocenters. The smallest absolute Gasteiger partial charge is 0.287 e. The topological polar surface area (TPSA) is 87.7 Å². The van der Waals surface area contributed by atoms with Crippen molar-refractivity contribution < 1.29 is 18.7 Å². The Labute approximate surface area is 199 Å². The Morgan fingerprint density at radius 3 is 2.62 bits per heavy atom. The van der Waals surface area contributed by atoms with Gasteiger partial charge in [0.15, 0.2) is 5.76 Å². The van der Waals surface area contributed by atoms with Crippen LogP contribution in [0.1, 0.15) is 40.3 Å². The number of likely N-dealkylation sites (tertiary alicyclic amines) is 1. The molecule has 1 N–H and O–H groups in total. The van der Waals surface area contributed by atoms with Gasteiger partial charge in [-0.05, 0) is 73.8 Å². The van der Waals surface area contributed by atoms with Crippen LogP contribution in [0.5, 0.6) is 11.5 Å². The van der Waals surface area contributed by atoms with E-state index in [1.54, 1.807) is 43.5 Å². The Morgan fingerprint density at radius 1 is 1.12 bits per heavy atom. The fourth-order valence-electron chi connectivity index (χ4n) is 4.07. The van der Waals surface area contributed by atoms with Crippen molar-refractivity contribution in [3.63, 3.8) is 0 Å². The maximum Gasteiger partial charge on any atom is 0.287 e. The number of amides is 1. The Morgan fingerprint density at radius 2 is 1.88 bits per heavy atom. The number of carbonyl (C=O) groups excluding carboxylic acids is 1. The summed E-state index contributed by atoms with van der Waals surface area (Å²) in [7, 11) is 1.68. The third-order valence-electron chi connectivity index (χ3n) is 6.09. The highest BCUT2D eigenvalue weighted by Gasteiger charge is 2.21. The summed E-state index contributed by atoms with van der Waals surface area (Å²) in [5, 5.41) is 12.1. The van der Waals surface area contributed by atoms with Crippen LogP contribution in [0, 0.1) is 17.2 Å². The maximum absolute atomic E-state index is 12.5. The molecule has 0 spiro atoms. The van der Waals surface area contributed by atoms with E-state index in [9.17, 15) is 4.79 Å². The van der Waals surface area contributed by atoms with E-state index in [1.165, 1.54) is 5.56 Å². The minimum atomic E-state index is -0.218. The predicted molar refractivity (Wildman–Crippen MR) is 128 cm³/mol. The molecule has 0 aliphatic carbocycles. The summed E-state index contributed by atoms with van der Waals surface area (Å²) in [6.45, 7) is 3.74. The number of nitrogens with one attached hydrogen (secondary N) is 1. The molecule has 34 heavy (non-hydrogen) atoms. The predicted octanol–water partition coefficient (Wildman–Crippen LogP) is 4.38. The normalized spacial score (nSPS) is 14.4. The van der Waals surface area contributed by atoms with E-state index in [-0.39, 0.29) is 18.3 Å². The first kappa shape index (κ1) is 23.4. The van der Waals surface area contributed by atoms with Crippen LogP contribution >= 0.6 is 0 Å². The molecule has 0 radical (unpaired) electrons. The zero-order valence-corrected chi connectivity index (χ0v) is 19.3. The van der Waals surface area contributed by atoms with E-state index in [1.807, 2.05) is 12.1 Å². The van der Waals surface area contributed by atoms with Crippen LogP contribution in [0.25, 0.3) is 0 Å². The first-order valence-electron chi connectivity index (χ1n) is 11.5. The van der Waals surface area contributed by atoms with Crippen LogP contribution in [0.4, 0.5) is 0 Å². The summed E-state index contributed by atoms with van der Waals surface area (Å²) >= 11 is 0. The Bertz CT molecular complexity index is 1130. The highest BCUT2D eigenvalue weighted by atomic mass is 16.5. The SMILES string of the molecule is COc1ccc(CN2CCC(CNC(=O)c3ccc(COc4ccccc4C#N)o3)CC2)cc1. The molecule has 2 heterocycles. The molecule has 1 aromatic heterocycles. The standard InChI is InChI=1S/C27H29N3O4/c1-32-23-8-6-21(7-9-23)18-30-14-12-20(13-15-30)17-29-27(31)26-11-10-24(34-26)19-33-25-5-3-2-4-22(25)16-28/h2-11,20H,12-15,17-19H2,1H3,(H,29,31). The van der Waals surface area contributed by atoms with Gasteiger partial charge in [-0.15, -0.1) is 0 Å². The number of nitriles is 1. The zero-order valence-electron chi connectivity index (χ0n) is 19.3. The number of methoxy groups -OCH3 is 1. The molecule has 1 fully saturated rings. The molecule has 1 amide bonds. The average molecular weight is 460 g/mol. The van der Waals surface area contributed by atoms with Crippen molar-refractivity contribution >= 4 is 5.91 Å². The van der Waals surface area contributed by atoms with Crippen molar-refractivity contribution in [3.05, 3.63) is 83.3 Å². The summed E-state index contributed by atoms with van der Waals surface area (Å²) in [5.41, 5.74) is 1.74. The number of furan rings is 1. The molecule has 1 saturated heterocycles. The zero-order chi connectivity index (χ0) is 23.8. The van der Waals surface area contributed by atoms with Crippen molar-refractivity contribution in [2.75, 3.05) is 26.7 Å². The fourth-order valence-corrected chi connectivity index (χ4v) is 4.07. The highest BCUT2D eigenvalue weighted by molar-refractivity contribution is 5.91. The quantitative estimate of drug-likeness (QED) is 0.511. The number of rotatable bonds is 9. The average Bonchev–Trinajstić information content (AvgIpc) is 3.37. The summed E-state index contributed by atoms with van der Waals surface area (Å²) in [6, 6.07) is 20.7. The van der Waals surface area contributed by atoms with Crippen LogP contribution in [0.3, 0.4) is 0 Å². The molecule has 0 bridgehead atoms. The van der Waals surface area contributed by atoms with Gasteiger partial charge in [-0.25, -0.2) is 0 Å². The summed E-state index contributed by atoms with van der Waals surface area (Å²) < 4.78 is 16.5. The van der Waals surface area contributed by atoms with Gasteiger partial charge in [-0.2, -0.15) is 5.26 Å². The molecule has 1 aliphatic heterocycles. The third-order valence-corrected chi connectivity index (χ3v) is 6.09. The number of para-hydroxylation sites is 1. The van der Waals surface area contributed by atoms with Crippen molar-refractivity contribution in [1.82, 2.24) is 10.2 Å². The molecular formula is C27H29N3O4. The third kappa shape index (κ3) is 6.18. The van der Waals surface area contributed by atoms with Crippen molar-refractivity contribution in [2.45, 2.75) is 26.0 Å². The van der Waals surface area contributed by atoms with Crippen LogP contribution in [-0.2, 0) is 13.2 Å². The first-order chi connectivity index (χ1) is 16.6. The first-order valence-corrected chi connectivity index (χ1v) is 11.5. The number of carbonyl (C=O) groups is 1. The molecule has 1 aliphatic rings. The molecule has 7 nitrogen and oxygen atoms in total. The second-order valence-electron chi connectivity index (χ2n) is 8.44. The van der Waals surface area contributed by atoms with Gasteiger partial charge >= 0.3 is 0 Å². The van der Waals surface area contributed by atoms with Crippen molar-refractivity contribution in [2.24, 2.45) is 5.92 Å². The van der Waals surface area contributed by atoms with Gasteiger partial charge in [0, 0.05) is 13.1 Å². The van der Waals surface area contributed by atoms with Crippen LogP contribution in [-0.4, -0.2) is 37.6 Å². The molecular weight excluding hydrogens is 430 g/mol. The van der Waals surface area contributed by atoms with E-state index in [0.29, 0.717) is 29.5 Å². The molecule has 3 aromatic rings. The number of piperidine rings is 1. The van der Waals surface area contributed by atoms with E-state index >= 15 is 0 Å². The maximum atomic E-state index is 12.5. The van der Waals surface area contributed by atoms with Gasteiger partial charge in [0.25, 0.3) is 5.91 Å². The van der Waals surface area contributed by atoms with E-state index in [0.717, 1.165) is 38.2 Å². The lowest BCUT2D eigenvalue weighted by atomic mass is 9.96. The van der Waals surface area contributed by atoms with Crippen molar-refractivity contribution in [3.8, 4) is 17.6 Å². The minimum absolute atomic E-state index is 0.151. The van der Waals surface area contributed by atoms with Gasteiger partial charge < -0.3 is 19.2 Å². The number of hydrogen-bond acceptors (Lipinski definition) is 6. The fraction of sp³-hybridized carbons (Fsp3) is 0.333. The van der Waals surface area contributed by atoms with Gasteiger partial charge in [0.05, 0.1) is 12.7 Å². The number of ether oxygens (including phenoxy) is 2. The van der Waals surface area contributed by atoms with Crippen LogP contribution < -0.4 is 14.8 Å². The number of nitrogens with zero attached hydrogens (tertiary/aromatic N) is 2. The van der Waals surface area contributed by atoms with Gasteiger partial charge in [0.1, 0.15) is 29.9 Å². The highest BCUT2D eigenvalue weighted by Crippen LogP contribution is 2.21. The van der Waals surface area contributed by atoms with Crippen LogP contribution in [0.15, 0.2) is 65.1 Å². The monoisotopic (exact) mass is 459 g/mol. The molecule has 0 saturated carbocycles. The Hall–Kier alpha value is -3.76. The Balaban J connectivity index is 1.19. The second kappa shape index (κ2) is 11.4. The van der Waals surface area contributed by atoms with Crippen LogP contribution in [0.2, 0.25) is 0 Å². The van der Waals surface area contributed by atoms with E-state index < -0.39 is 0 Å². The lowest BCUT2D eigenvalue weighted by Crippen LogP contribution is -2.38. The van der Waals surface area contributed by atoms with E-state index in [2.05, 4.69) is 28.4 Å². The van der Waals surface area contributed by atoms with E-state index in [4.69, 9.17) is 19.2 Å². The largest absolute Gasteiger partial charge is 0.497 e. The molecule has 0 atom stereocenters. The van der Waals surface area contributed by atoms with Gasteiger partial charge in [-0.3, -0.25) is 9.69 Å². The molecule has 7 heteroatoms. The minimum Gasteiger partial charge on any atom is -0.497 e. The molecule has 2 aromatic carbocycles. The summed E-state index contributed by atoms with van der Waals surface area (Å²) in [5.74, 6) is 2.40.